The number of aryl methyl sites for hydroxylation is 2. The van der Waals surface area contributed by atoms with Gasteiger partial charge in [0.15, 0.2) is 0 Å². The molecule has 3 aromatic rings. The fourth-order valence-corrected chi connectivity index (χ4v) is 2.14. The number of halogens is 3. The van der Waals surface area contributed by atoms with E-state index >= 15 is 0 Å². The molecule has 25 heavy (non-hydrogen) atoms. The average Bonchev–Trinajstić information content (AvgIpc) is 2.93. The Balaban J connectivity index is 1.94. The standard InChI is InChI=1S/C17H12F3N5/c1-11-9-13(5-7-21-11)3-4-14-10-25(12(2)23-14)15-6-8-22-16(24-15)17(18,19)20/h5-10H,1-2H3. The van der Waals surface area contributed by atoms with Gasteiger partial charge in [-0.25, -0.2) is 15.0 Å². The maximum absolute atomic E-state index is 12.8. The van der Waals surface area contributed by atoms with Crippen LogP contribution in [0.3, 0.4) is 0 Å². The summed E-state index contributed by atoms with van der Waals surface area (Å²) < 4.78 is 39.7. The fourth-order valence-electron chi connectivity index (χ4n) is 2.14. The SMILES string of the molecule is Cc1cc(C#Cc2cn(-c3ccnc(C(F)(F)F)n3)c(C)n2)ccn1. The topological polar surface area (TPSA) is 56.5 Å². The van der Waals surface area contributed by atoms with Gasteiger partial charge in [0, 0.05) is 29.8 Å². The van der Waals surface area contributed by atoms with E-state index in [9.17, 15) is 13.2 Å². The first-order valence-corrected chi connectivity index (χ1v) is 7.24. The number of imidazole rings is 1. The molecule has 0 fully saturated rings. The van der Waals surface area contributed by atoms with Crippen molar-refractivity contribution in [1.82, 2.24) is 24.5 Å². The number of rotatable bonds is 1. The molecule has 0 aliphatic heterocycles. The molecule has 0 aliphatic carbocycles. The van der Waals surface area contributed by atoms with Gasteiger partial charge in [0.2, 0.25) is 5.82 Å². The Morgan fingerprint density at radius 2 is 1.76 bits per heavy atom. The summed E-state index contributed by atoms with van der Waals surface area (Å²) in [5.41, 5.74) is 2.05. The Morgan fingerprint density at radius 1 is 1.00 bits per heavy atom. The van der Waals surface area contributed by atoms with Crippen LogP contribution in [-0.4, -0.2) is 24.5 Å². The molecule has 0 N–H and O–H groups in total. The third kappa shape index (κ3) is 3.83. The van der Waals surface area contributed by atoms with Crippen molar-refractivity contribution in [3.8, 4) is 17.7 Å². The number of nitrogens with zero attached hydrogens (tertiary/aromatic N) is 5. The molecule has 0 aliphatic rings. The van der Waals surface area contributed by atoms with Crippen LogP contribution in [-0.2, 0) is 6.18 Å². The van der Waals surface area contributed by atoms with Gasteiger partial charge >= 0.3 is 6.18 Å². The summed E-state index contributed by atoms with van der Waals surface area (Å²) in [7, 11) is 0. The monoisotopic (exact) mass is 343 g/mol. The van der Waals surface area contributed by atoms with E-state index in [0.717, 1.165) is 17.5 Å². The van der Waals surface area contributed by atoms with Crippen LogP contribution < -0.4 is 0 Å². The third-order valence-corrected chi connectivity index (χ3v) is 3.26. The minimum absolute atomic E-state index is 0.0835. The molecule has 8 heteroatoms. The predicted molar refractivity (Wildman–Crippen MR) is 83.8 cm³/mol. The first-order chi connectivity index (χ1) is 11.8. The molecule has 3 heterocycles. The van der Waals surface area contributed by atoms with E-state index in [4.69, 9.17) is 0 Å². The number of pyridine rings is 1. The van der Waals surface area contributed by atoms with Crippen molar-refractivity contribution in [3.05, 3.63) is 65.4 Å². The lowest BCUT2D eigenvalue weighted by Crippen LogP contribution is -2.12. The van der Waals surface area contributed by atoms with Gasteiger partial charge in [-0.05, 0) is 38.0 Å². The molecule has 126 valence electrons. The lowest BCUT2D eigenvalue weighted by Gasteiger charge is -2.07. The van der Waals surface area contributed by atoms with E-state index < -0.39 is 12.0 Å². The summed E-state index contributed by atoms with van der Waals surface area (Å²) in [6, 6.07) is 4.98. The fraction of sp³-hybridized carbons (Fsp3) is 0.176. The van der Waals surface area contributed by atoms with Crippen LogP contribution >= 0.6 is 0 Å². The van der Waals surface area contributed by atoms with E-state index in [2.05, 4.69) is 31.8 Å². The van der Waals surface area contributed by atoms with Gasteiger partial charge in [-0.3, -0.25) is 9.55 Å². The summed E-state index contributed by atoms with van der Waals surface area (Å²) in [6.45, 7) is 3.52. The Bertz CT molecular complexity index is 980. The zero-order valence-corrected chi connectivity index (χ0v) is 13.3. The molecule has 3 rings (SSSR count). The van der Waals surface area contributed by atoms with Crippen molar-refractivity contribution in [3.63, 3.8) is 0 Å². The second kappa shape index (κ2) is 6.36. The first kappa shape index (κ1) is 16.6. The lowest BCUT2D eigenvalue weighted by atomic mass is 10.2. The van der Waals surface area contributed by atoms with Gasteiger partial charge in [0.05, 0.1) is 0 Å². The Labute approximate surface area is 141 Å². The highest BCUT2D eigenvalue weighted by Crippen LogP contribution is 2.26. The molecule has 0 unspecified atom stereocenters. The summed E-state index contributed by atoms with van der Waals surface area (Å²) >= 11 is 0. The second-order valence-electron chi connectivity index (χ2n) is 5.22. The summed E-state index contributed by atoms with van der Waals surface area (Å²) in [6.07, 6.45) is -0.344. The van der Waals surface area contributed by atoms with Crippen molar-refractivity contribution >= 4 is 0 Å². The first-order valence-electron chi connectivity index (χ1n) is 7.24. The minimum Gasteiger partial charge on any atom is -0.287 e. The second-order valence-corrected chi connectivity index (χ2v) is 5.22. The van der Waals surface area contributed by atoms with Crippen LogP contribution in [0.15, 0.2) is 36.8 Å². The lowest BCUT2D eigenvalue weighted by molar-refractivity contribution is -0.145. The average molecular weight is 343 g/mol. The van der Waals surface area contributed by atoms with Gasteiger partial charge in [-0.15, -0.1) is 0 Å². The number of aromatic nitrogens is 5. The molecule has 3 aromatic heterocycles. The van der Waals surface area contributed by atoms with Crippen LogP contribution in [0.1, 0.15) is 28.6 Å². The zero-order chi connectivity index (χ0) is 18.0. The van der Waals surface area contributed by atoms with Crippen molar-refractivity contribution in [1.29, 1.82) is 0 Å². The molecule has 0 amide bonds. The highest BCUT2D eigenvalue weighted by molar-refractivity contribution is 5.41. The van der Waals surface area contributed by atoms with E-state index in [0.29, 0.717) is 11.5 Å². The molecule has 0 spiro atoms. The highest BCUT2D eigenvalue weighted by atomic mass is 19.4. The van der Waals surface area contributed by atoms with E-state index in [-0.39, 0.29) is 5.82 Å². The van der Waals surface area contributed by atoms with Crippen LogP contribution in [0.25, 0.3) is 5.82 Å². The molecular weight excluding hydrogens is 331 g/mol. The largest absolute Gasteiger partial charge is 0.451 e. The van der Waals surface area contributed by atoms with Crippen LogP contribution in [0.5, 0.6) is 0 Å². The smallest absolute Gasteiger partial charge is 0.287 e. The van der Waals surface area contributed by atoms with Crippen molar-refractivity contribution in [2.45, 2.75) is 20.0 Å². The Kier molecular flexibility index (Phi) is 4.23. The molecule has 0 saturated heterocycles. The number of hydrogen-bond acceptors (Lipinski definition) is 4. The van der Waals surface area contributed by atoms with E-state index in [1.54, 1.807) is 25.4 Å². The predicted octanol–water partition coefficient (Wildman–Crippen LogP) is 3.09. The number of alkyl halides is 3. The zero-order valence-electron chi connectivity index (χ0n) is 13.3. The van der Waals surface area contributed by atoms with E-state index in [1.165, 1.54) is 10.6 Å². The molecule has 0 saturated carbocycles. The van der Waals surface area contributed by atoms with Gasteiger partial charge in [0.25, 0.3) is 0 Å². The minimum atomic E-state index is -4.60. The Hall–Kier alpha value is -3.21. The summed E-state index contributed by atoms with van der Waals surface area (Å²) in [5, 5.41) is 0. The van der Waals surface area contributed by atoms with Crippen LogP contribution in [0.2, 0.25) is 0 Å². The molecular formula is C17H12F3N5. The molecule has 5 nitrogen and oxygen atoms in total. The van der Waals surface area contributed by atoms with Gasteiger partial charge in [-0.1, -0.05) is 5.92 Å². The van der Waals surface area contributed by atoms with Crippen molar-refractivity contribution in [2.24, 2.45) is 0 Å². The van der Waals surface area contributed by atoms with Crippen molar-refractivity contribution < 1.29 is 13.2 Å². The quantitative estimate of drug-likeness (QED) is 0.637. The van der Waals surface area contributed by atoms with Gasteiger partial charge in [-0.2, -0.15) is 13.2 Å². The van der Waals surface area contributed by atoms with Crippen molar-refractivity contribution in [2.75, 3.05) is 0 Å². The molecule has 0 bridgehead atoms. The summed E-state index contributed by atoms with van der Waals surface area (Å²) in [5.74, 6) is 5.20. The maximum atomic E-state index is 12.8. The molecule has 0 atom stereocenters. The summed E-state index contributed by atoms with van der Waals surface area (Å²) in [4.78, 5) is 15.1. The normalized spacial score (nSPS) is 11.1. The maximum Gasteiger partial charge on any atom is 0.451 e. The van der Waals surface area contributed by atoms with Gasteiger partial charge < -0.3 is 0 Å². The van der Waals surface area contributed by atoms with E-state index in [1.807, 2.05) is 13.0 Å². The third-order valence-electron chi connectivity index (χ3n) is 3.26. The Morgan fingerprint density at radius 3 is 2.48 bits per heavy atom. The molecule has 0 radical (unpaired) electrons. The molecule has 0 aromatic carbocycles. The van der Waals surface area contributed by atoms with Crippen LogP contribution in [0, 0.1) is 25.7 Å². The highest BCUT2D eigenvalue weighted by Gasteiger charge is 2.34. The van der Waals surface area contributed by atoms with Crippen LogP contribution in [0.4, 0.5) is 13.2 Å². The number of hydrogen-bond donors (Lipinski definition) is 0. The van der Waals surface area contributed by atoms with Gasteiger partial charge in [0.1, 0.15) is 17.3 Å².